The van der Waals surface area contributed by atoms with Gasteiger partial charge in [0, 0.05) is 19.0 Å². The molecule has 1 aliphatic rings. The highest BCUT2D eigenvalue weighted by atomic mass is 35.5. The molecule has 1 nitrogen and oxygen atoms in total. The van der Waals surface area contributed by atoms with Crippen LogP contribution in [0.25, 0.3) is 0 Å². The van der Waals surface area contributed by atoms with Gasteiger partial charge in [-0.15, -0.1) is 11.6 Å². The van der Waals surface area contributed by atoms with Gasteiger partial charge in [-0.05, 0) is 30.0 Å². The first-order chi connectivity index (χ1) is 7.20. The molecule has 1 heterocycles. The van der Waals surface area contributed by atoms with E-state index in [0.29, 0.717) is 17.5 Å². The number of rotatable bonds is 2. The summed E-state index contributed by atoms with van der Waals surface area (Å²) in [5, 5.41) is 0. The minimum Gasteiger partial charge on any atom is -0.369 e. The predicted molar refractivity (Wildman–Crippen MR) is 62.0 cm³/mol. The molecule has 1 unspecified atom stereocenters. The van der Waals surface area contributed by atoms with Gasteiger partial charge in [0.15, 0.2) is 0 Å². The van der Waals surface area contributed by atoms with Crippen LogP contribution in [-0.2, 0) is 5.88 Å². The maximum atomic E-state index is 13.7. The molecule has 1 fully saturated rings. The van der Waals surface area contributed by atoms with E-state index in [1.54, 1.807) is 0 Å². The zero-order valence-electron chi connectivity index (χ0n) is 8.84. The van der Waals surface area contributed by atoms with E-state index < -0.39 is 0 Å². The molecule has 3 heteroatoms. The molecule has 0 saturated carbocycles. The van der Waals surface area contributed by atoms with Gasteiger partial charge in [0.05, 0.1) is 5.69 Å². The summed E-state index contributed by atoms with van der Waals surface area (Å²) >= 11 is 5.65. The molecule has 1 saturated heterocycles. The Labute approximate surface area is 94.8 Å². The fraction of sp³-hybridized carbons (Fsp3) is 0.500. The Morgan fingerprint density at radius 1 is 1.53 bits per heavy atom. The van der Waals surface area contributed by atoms with Crippen LogP contribution in [-0.4, -0.2) is 13.1 Å². The van der Waals surface area contributed by atoms with Gasteiger partial charge in [-0.25, -0.2) is 4.39 Å². The summed E-state index contributed by atoms with van der Waals surface area (Å²) in [7, 11) is 0. The number of hydrogen-bond acceptors (Lipinski definition) is 1. The van der Waals surface area contributed by atoms with Crippen molar-refractivity contribution < 1.29 is 4.39 Å². The van der Waals surface area contributed by atoms with Crippen molar-refractivity contribution in [2.75, 3.05) is 18.0 Å². The zero-order chi connectivity index (χ0) is 10.8. The average Bonchev–Trinajstić information content (AvgIpc) is 2.64. The van der Waals surface area contributed by atoms with Crippen LogP contribution in [0.1, 0.15) is 18.9 Å². The first-order valence-corrected chi connectivity index (χ1v) is 5.83. The first-order valence-electron chi connectivity index (χ1n) is 5.30. The van der Waals surface area contributed by atoms with Crippen LogP contribution in [0.5, 0.6) is 0 Å². The highest BCUT2D eigenvalue weighted by Gasteiger charge is 2.21. The third kappa shape index (κ3) is 2.25. The van der Waals surface area contributed by atoms with Crippen molar-refractivity contribution in [1.29, 1.82) is 0 Å². The number of benzene rings is 1. The summed E-state index contributed by atoms with van der Waals surface area (Å²) in [6.07, 6.45) is 1.15. The Bertz CT molecular complexity index is 353. The second-order valence-electron chi connectivity index (χ2n) is 4.26. The van der Waals surface area contributed by atoms with Gasteiger partial charge in [0.2, 0.25) is 0 Å². The molecule has 1 aromatic rings. The number of nitrogens with zero attached hydrogens (tertiary/aromatic N) is 1. The van der Waals surface area contributed by atoms with Gasteiger partial charge in [-0.2, -0.15) is 0 Å². The van der Waals surface area contributed by atoms with Crippen molar-refractivity contribution in [2.45, 2.75) is 19.2 Å². The molecular weight excluding hydrogens is 213 g/mol. The third-order valence-corrected chi connectivity index (χ3v) is 3.24. The number of hydrogen-bond donors (Lipinski definition) is 0. The zero-order valence-corrected chi connectivity index (χ0v) is 9.60. The van der Waals surface area contributed by atoms with Crippen molar-refractivity contribution in [3.8, 4) is 0 Å². The van der Waals surface area contributed by atoms with E-state index in [1.165, 1.54) is 6.07 Å². The standard InChI is InChI=1S/C12H15ClFN/c1-9-4-5-15(8-9)12-3-2-10(7-13)6-11(12)14/h2-3,6,9H,4-5,7-8H2,1H3. The normalized spacial score (nSPS) is 21.0. The van der Waals surface area contributed by atoms with Gasteiger partial charge in [-0.3, -0.25) is 0 Å². The molecule has 15 heavy (non-hydrogen) atoms. The van der Waals surface area contributed by atoms with Crippen molar-refractivity contribution in [3.63, 3.8) is 0 Å². The Kier molecular flexibility index (Phi) is 3.15. The summed E-state index contributed by atoms with van der Waals surface area (Å²) in [4.78, 5) is 2.11. The topological polar surface area (TPSA) is 3.24 Å². The monoisotopic (exact) mass is 227 g/mol. The highest BCUT2D eigenvalue weighted by Crippen LogP contribution is 2.26. The average molecular weight is 228 g/mol. The van der Waals surface area contributed by atoms with Crippen molar-refractivity contribution in [3.05, 3.63) is 29.6 Å². The van der Waals surface area contributed by atoms with Gasteiger partial charge in [-0.1, -0.05) is 13.0 Å². The van der Waals surface area contributed by atoms with E-state index in [-0.39, 0.29) is 5.82 Å². The molecule has 0 aliphatic carbocycles. The molecule has 0 N–H and O–H groups in total. The minimum absolute atomic E-state index is 0.151. The van der Waals surface area contributed by atoms with Crippen LogP contribution in [0.15, 0.2) is 18.2 Å². The van der Waals surface area contributed by atoms with E-state index in [9.17, 15) is 4.39 Å². The summed E-state index contributed by atoms with van der Waals surface area (Å²) in [6, 6.07) is 5.27. The second kappa shape index (κ2) is 4.40. The van der Waals surface area contributed by atoms with Crippen LogP contribution in [0.2, 0.25) is 0 Å². The van der Waals surface area contributed by atoms with Gasteiger partial charge in [0.25, 0.3) is 0 Å². The van der Waals surface area contributed by atoms with E-state index in [1.807, 2.05) is 12.1 Å². The summed E-state index contributed by atoms with van der Waals surface area (Å²) < 4.78 is 13.7. The van der Waals surface area contributed by atoms with Gasteiger partial charge in [0.1, 0.15) is 5.82 Å². The van der Waals surface area contributed by atoms with E-state index in [2.05, 4.69) is 11.8 Å². The quantitative estimate of drug-likeness (QED) is 0.700. The van der Waals surface area contributed by atoms with Crippen LogP contribution < -0.4 is 4.90 Å². The van der Waals surface area contributed by atoms with Crippen LogP contribution in [0.3, 0.4) is 0 Å². The SMILES string of the molecule is CC1CCN(c2ccc(CCl)cc2F)C1. The smallest absolute Gasteiger partial charge is 0.146 e. The largest absolute Gasteiger partial charge is 0.369 e. The molecular formula is C12H15ClFN. The Morgan fingerprint density at radius 2 is 2.33 bits per heavy atom. The third-order valence-electron chi connectivity index (χ3n) is 2.93. The molecule has 0 amide bonds. The molecule has 1 aliphatic heterocycles. The Morgan fingerprint density at radius 3 is 2.87 bits per heavy atom. The summed E-state index contributed by atoms with van der Waals surface area (Å²) in [5.74, 6) is 0.882. The molecule has 0 spiro atoms. The minimum atomic E-state index is -0.151. The lowest BCUT2D eigenvalue weighted by Gasteiger charge is -2.19. The Hall–Kier alpha value is -0.760. The van der Waals surface area contributed by atoms with Crippen LogP contribution in [0, 0.1) is 11.7 Å². The van der Waals surface area contributed by atoms with Crippen molar-refractivity contribution in [2.24, 2.45) is 5.92 Å². The fourth-order valence-corrected chi connectivity index (χ4v) is 2.21. The summed E-state index contributed by atoms with van der Waals surface area (Å²) in [6.45, 7) is 4.11. The number of halogens is 2. The van der Waals surface area contributed by atoms with Crippen LogP contribution >= 0.6 is 11.6 Å². The van der Waals surface area contributed by atoms with E-state index in [0.717, 1.165) is 25.1 Å². The van der Waals surface area contributed by atoms with Crippen LogP contribution in [0.4, 0.5) is 10.1 Å². The molecule has 0 radical (unpaired) electrons. The first kappa shape index (κ1) is 10.7. The molecule has 82 valence electrons. The van der Waals surface area contributed by atoms with Crippen molar-refractivity contribution in [1.82, 2.24) is 0 Å². The lowest BCUT2D eigenvalue weighted by Crippen LogP contribution is -2.20. The fourth-order valence-electron chi connectivity index (χ4n) is 2.04. The second-order valence-corrected chi connectivity index (χ2v) is 4.53. The Balaban J connectivity index is 2.21. The molecule has 2 rings (SSSR count). The lowest BCUT2D eigenvalue weighted by molar-refractivity contribution is 0.618. The lowest BCUT2D eigenvalue weighted by atomic mass is 10.2. The van der Waals surface area contributed by atoms with Crippen molar-refractivity contribution >= 4 is 17.3 Å². The van der Waals surface area contributed by atoms with Gasteiger partial charge >= 0.3 is 0 Å². The van der Waals surface area contributed by atoms with Gasteiger partial charge < -0.3 is 4.90 Å². The highest BCUT2D eigenvalue weighted by molar-refractivity contribution is 6.17. The maximum Gasteiger partial charge on any atom is 0.146 e. The maximum absolute atomic E-state index is 13.7. The number of anilines is 1. The molecule has 0 bridgehead atoms. The number of alkyl halides is 1. The molecule has 1 atom stereocenters. The summed E-state index contributed by atoms with van der Waals surface area (Å²) in [5.41, 5.74) is 1.55. The van der Waals surface area contributed by atoms with E-state index >= 15 is 0 Å². The van der Waals surface area contributed by atoms with E-state index in [4.69, 9.17) is 11.6 Å². The molecule has 0 aromatic heterocycles. The predicted octanol–water partition coefficient (Wildman–Crippen LogP) is 3.41. The molecule has 1 aromatic carbocycles.